The number of rotatable bonds is 4. The van der Waals surface area contributed by atoms with Crippen molar-refractivity contribution in [2.45, 2.75) is 32.7 Å². The molecule has 1 N–H and O–H groups in total. The molecule has 0 aromatic heterocycles. The number of hydrogen-bond acceptors (Lipinski definition) is 1. The third-order valence-corrected chi connectivity index (χ3v) is 3.86. The number of benzene rings is 2. The molecule has 0 bridgehead atoms. The summed E-state index contributed by atoms with van der Waals surface area (Å²) in [7, 11) is 0. The van der Waals surface area contributed by atoms with Gasteiger partial charge in [0.25, 0.3) is 0 Å². The van der Waals surface area contributed by atoms with Gasteiger partial charge >= 0.3 is 0 Å². The first-order chi connectivity index (χ1) is 9.06. The van der Waals surface area contributed by atoms with Crippen molar-refractivity contribution in [1.29, 1.82) is 0 Å². The first kappa shape index (κ1) is 14.1. The predicted molar refractivity (Wildman–Crippen MR) is 86.7 cm³/mol. The Morgan fingerprint density at radius 2 is 1.32 bits per heavy atom. The van der Waals surface area contributed by atoms with Crippen LogP contribution in [0.15, 0.2) is 53.0 Å². The van der Waals surface area contributed by atoms with Gasteiger partial charge in [0.15, 0.2) is 0 Å². The highest BCUT2D eigenvalue weighted by molar-refractivity contribution is 9.10. The smallest absolute Gasteiger partial charge is 0.0485 e. The molecular formula is C17H20BrN. The van der Waals surface area contributed by atoms with Crippen molar-refractivity contribution >= 4 is 21.6 Å². The van der Waals surface area contributed by atoms with E-state index >= 15 is 0 Å². The molecule has 0 saturated carbocycles. The number of anilines is 1. The van der Waals surface area contributed by atoms with Crippen molar-refractivity contribution in [3.8, 4) is 0 Å². The fourth-order valence-electron chi connectivity index (χ4n) is 2.05. The van der Waals surface area contributed by atoms with Crippen LogP contribution in [0.3, 0.4) is 0 Å². The van der Waals surface area contributed by atoms with Crippen LogP contribution in [-0.2, 0) is 0 Å². The van der Waals surface area contributed by atoms with E-state index in [0.717, 1.165) is 10.2 Å². The summed E-state index contributed by atoms with van der Waals surface area (Å²) < 4.78 is 1.10. The summed E-state index contributed by atoms with van der Waals surface area (Å²) in [6.45, 7) is 6.63. The average molecular weight is 318 g/mol. The van der Waals surface area contributed by atoms with E-state index in [-0.39, 0.29) is 0 Å². The molecule has 0 saturated heterocycles. The van der Waals surface area contributed by atoms with Crippen LogP contribution in [0.5, 0.6) is 0 Å². The fraction of sp³-hybridized carbons (Fsp3) is 0.294. The second-order valence-corrected chi connectivity index (χ2v) is 6.11. The molecule has 0 spiro atoms. The lowest BCUT2D eigenvalue weighted by atomic mass is 9.99. The van der Waals surface area contributed by atoms with Gasteiger partial charge < -0.3 is 5.32 Å². The Balaban J connectivity index is 2.07. The molecule has 0 aliphatic carbocycles. The third-order valence-electron chi connectivity index (χ3n) is 3.33. The predicted octanol–water partition coefficient (Wildman–Crippen LogP) is 5.75. The second kappa shape index (κ2) is 6.25. The molecule has 1 nitrogen and oxygen atoms in total. The SMILES string of the molecule is CC(C)c1ccc(C(C)Nc2ccc(Br)cc2)cc1. The van der Waals surface area contributed by atoms with Gasteiger partial charge in [0.2, 0.25) is 0 Å². The largest absolute Gasteiger partial charge is 0.379 e. The van der Waals surface area contributed by atoms with Crippen molar-refractivity contribution in [2.75, 3.05) is 5.32 Å². The van der Waals surface area contributed by atoms with Gasteiger partial charge in [-0.2, -0.15) is 0 Å². The Hall–Kier alpha value is -1.28. The first-order valence-corrected chi connectivity index (χ1v) is 7.47. The van der Waals surface area contributed by atoms with Crippen LogP contribution < -0.4 is 5.32 Å². The van der Waals surface area contributed by atoms with Gasteiger partial charge in [-0.1, -0.05) is 54.0 Å². The van der Waals surface area contributed by atoms with Crippen molar-refractivity contribution in [2.24, 2.45) is 0 Å². The highest BCUT2D eigenvalue weighted by Crippen LogP contribution is 2.23. The molecule has 0 aliphatic heterocycles. The van der Waals surface area contributed by atoms with Crippen LogP contribution in [-0.4, -0.2) is 0 Å². The maximum Gasteiger partial charge on any atom is 0.0485 e. The Bertz CT molecular complexity index is 514. The van der Waals surface area contributed by atoms with Gasteiger partial charge in [-0.3, -0.25) is 0 Å². The van der Waals surface area contributed by atoms with E-state index in [4.69, 9.17) is 0 Å². The minimum atomic E-state index is 0.308. The maximum atomic E-state index is 3.51. The molecule has 1 atom stereocenters. The number of nitrogens with one attached hydrogen (secondary N) is 1. The second-order valence-electron chi connectivity index (χ2n) is 5.19. The molecule has 2 aromatic rings. The maximum absolute atomic E-state index is 3.51. The fourth-order valence-corrected chi connectivity index (χ4v) is 2.31. The standard InChI is InChI=1S/C17H20BrN/c1-12(2)14-4-6-15(7-5-14)13(3)19-17-10-8-16(18)9-11-17/h4-13,19H,1-3H3. The van der Waals surface area contributed by atoms with Gasteiger partial charge in [0, 0.05) is 16.2 Å². The molecule has 2 aromatic carbocycles. The van der Waals surface area contributed by atoms with Crippen molar-refractivity contribution in [3.63, 3.8) is 0 Å². The zero-order valence-corrected chi connectivity index (χ0v) is 13.2. The molecule has 0 fully saturated rings. The lowest BCUT2D eigenvalue weighted by Gasteiger charge is -2.16. The summed E-state index contributed by atoms with van der Waals surface area (Å²) >= 11 is 3.45. The normalized spacial score (nSPS) is 12.5. The van der Waals surface area contributed by atoms with E-state index in [1.807, 2.05) is 0 Å². The average Bonchev–Trinajstić information content (AvgIpc) is 2.41. The summed E-state index contributed by atoms with van der Waals surface area (Å²) in [5.41, 5.74) is 3.84. The van der Waals surface area contributed by atoms with Gasteiger partial charge in [0.05, 0.1) is 0 Å². The van der Waals surface area contributed by atoms with Gasteiger partial charge in [-0.15, -0.1) is 0 Å². The summed E-state index contributed by atoms with van der Waals surface area (Å²) in [5, 5.41) is 3.51. The van der Waals surface area contributed by atoms with Crippen molar-refractivity contribution in [1.82, 2.24) is 0 Å². The molecule has 0 aliphatic rings. The quantitative estimate of drug-likeness (QED) is 0.757. The number of hydrogen-bond donors (Lipinski definition) is 1. The van der Waals surface area contributed by atoms with Gasteiger partial charge in [0.1, 0.15) is 0 Å². The van der Waals surface area contributed by atoms with Gasteiger partial charge in [-0.25, -0.2) is 0 Å². The van der Waals surface area contributed by atoms with E-state index in [1.54, 1.807) is 0 Å². The lowest BCUT2D eigenvalue weighted by Crippen LogP contribution is -2.06. The summed E-state index contributed by atoms with van der Waals surface area (Å²) in [4.78, 5) is 0. The molecule has 19 heavy (non-hydrogen) atoms. The van der Waals surface area contributed by atoms with Gasteiger partial charge in [-0.05, 0) is 48.2 Å². The first-order valence-electron chi connectivity index (χ1n) is 6.68. The van der Waals surface area contributed by atoms with Crippen LogP contribution in [0, 0.1) is 0 Å². The lowest BCUT2D eigenvalue weighted by molar-refractivity contribution is 0.852. The molecular weight excluding hydrogens is 298 g/mol. The van der Waals surface area contributed by atoms with E-state index in [9.17, 15) is 0 Å². The van der Waals surface area contributed by atoms with Crippen LogP contribution in [0.2, 0.25) is 0 Å². The molecule has 0 radical (unpaired) electrons. The minimum Gasteiger partial charge on any atom is -0.379 e. The molecule has 0 heterocycles. The highest BCUT2D eigenvalue weighted by Gasteiger charge is 2.06. The van der Waals surface area contributed by atoms with E-state index < -0.39 is 0 Å². The molecule has 2 heteroatoms. The molecule has 1 unspecified atom stereocenters. The number of halogens is 1. The van der Waals surface area contributed by atoms with Crippen LogP contribution in [0.1, 0.15) is 43.9 Å². The summed E-state index contributed by atoms with van der Waals surface area (Å²) in [6.07, 6.45) is 0. The third kappa shape index (κ3) is 3.84. The van der Waals surface area contributed by atoms with E-state index in [1.165, 1.54) is 11.1 Å². The van der Waals surface area contributed by atoms with Crippen LogP contribution in [0.25, 0.3) is 0 Å². The van der Waals surface area contributed by atoms with Crippen molar-refractivity contribution < 1.29 is 0 Å². The topological polar surface area (TPSA) is 12.0 Å². The highest BCUT2D eigenvalue weighted by atomic mass is 79.9. The Morgan fingerprint density at radius 3 is 1.84 bits per heavy atom. The Morgan fingerprint density at radius 1 is 0.789 bits per heavy atom. The monoisotopic (exact) mass is 317 g/mol. The Labute approximate surface area is 124 Å². The van der Waals surface area contributed by atoms with E-state index in [0.29, 0.717) is 12.0 Å². The molecule has 2 rings (SSSR count). The summed E-state index contributed by atoms with van der Waals surface area (Å²) in [6, 6.07) is 17.5. The zero-order valence-electron chi connectivity index (χ0n) is 11.7. The minimum absolute atomic E-state index is 0.308. The Kier molecular flexibility index (Phi) is 4.65. The zero-order chi connectivity index (χ0) is 13.8. The van der Waals surface area contributed by atoms with Crippen LogP contribution >= 0.6 is 15.9 Å². The molecule has 100 valence electrons. The van der Waals surface area contributed by atoms with Crippen molar-refractivity contribution in [3.05, 3.63) is 64.1 Å². The summed E-state index contributed by atoms with van der Waals surface area (Å²) in [5.74, 6) is 0.587. The van der Waals surface area contributed by atoms with E-state index in [2.05, 4.69) is 90.5 Å². The molecule has 0 amide bonds. The van der Waals surface area contributed by atoms with Crippen LogP contribution in [0.4, 0.5) is 5.69 Å².